The molecule has 0 bridgehead atoms. The SMILES string of the molecule is CN=C(NCCCN1CCCN(C)CC1)N1CCN(C(C)C(=O)N2CCCC2)CC1. The Hall–Kier alpha value is -1.38. The third kappa shape index (κ3) is 6.56. The fourth-order valence-corrected chi connectivity index (χ4v) is 4.84. The fourth-order valence-electron chi connectivity index (χ4n) is 4.84. The van der Waals surface area contributed by atoms with Crippen LogP contribution in [0.5, 0.6) is 0 Å². The van der Waals surface area contributed by atoms with Gasteiger partial charge in [0.15, 0.2) is 5.96 Å². The zero-order valence-electron chi connectivity index (χ0n) is 19.5. The van der Waals surface area contributed by atoms with Gasteiger partial charge in [-0.25, -0.2) is 0 Å². The molecule has 0 aromatic heterocycles. The first-order valence-corrected chi connectivity index (χ1v) is 12.0. The normalized spacial score (nSPS) is 24.2. The Morgan fingerprint density at radius 3 is 2.33 bits per heavy atom. The van der Waals surface area contributed by atoms with E-state index >= 15 is 0 Å². The summed E-state index contributed by atoms with van der Waals surface area (Å²) in [7, 11) is 4.09. The quantitative estimate of drug-likeness (QED) is 0.376. The zero-order valence-corrected chi connectivity index (χ0v) is 19.5. The molecule has 1 atom stereocenters. The van der Waals surface area contributed by atoms with Crippen molar-refractivity contribution in [2.45, 2.75) is 38.6 Å². The van der Waals surface area contributed by atoms with Crippen molar-refractivity contribution in [3.63, 3.8) is 0 Å². The minimum Gasteiger partial charge on any atom is -0.356 e. The van der Waals surface area contributed by atoms with Crippen LogP contribution in [-0.2, 0) is 4.79 Å². The van der Waals surface area contributed by atoms with Crippen LogP contribution in [0, 0.1) is 0 Å². The summed E-state index contributed by atoms with van der Waals surface area (Å²) in [5.41, 5.74) is 0. The molecule has 1 unspecified atom stereocenters. The standard InChI is InChI=1S/C22H43N7O/c1-20(21(30)28-12-4-5-13-28)27-16-18-29(19-17-27)22(23-2)24-8-6-10-26-11-7-9-25(3)14-15-26/h20H,4-19H2,1-3H3,(H,23,24). The number of amides is 1. The summed E-state index contributed by atoms with van der Waals surface area (Å²) in [5.74, 6) is 1.31. The first-order chi connectivity index (χ1) is 14.6. The average Bonchev–Trinajstić information content (AvgIpc) is 3.23. The van der Waals surface area contributed by atoms with Crippen LogP contribution in [0.2, 0.25) is 0 Å². The van der Waals surface area contributed by atoms with Gasteiger partial charge in [0.05, 0.1) is 6.04 Å². The van der Waals surface area contributed by atoms with Gasteiger partial charge in [-0.1, -0.05) is 0 Å². The minimum absolute atomic E-state index is 0.00658. The molecule has 0 aromatic carbocycles. The van der Waals surface area contributed by atoms with E-state index in [1.807, 2.05) is 11.9 Å². The number of nitrogens with zero attached hydrogens (tertiary/aromatic N) is 6. The number of aliphatic imine (C=N–C) groups is 1. The largest absolute Gasteiger partial charge is 0.356 e. The van der Waals surface area contributed by atoms with Crippen LogP contribution in [0.4, 0.5) is 0 Å². The lowest BCUT2D eigenvalue weighted by molar-refractivity contribution is -0.135. The van der Waals surface area contributed by atoms with Crippen LogP contribution >= 0.6 is 0 Å². The number of carbonyl (C=O) groups is 1. The molecule has 30 heavy (non-hydrogen) atoms. The van der Waals surface area contributed by atoms with Gasteiger partial charge in [0.2, 0.25) is 5.91 Å². The van der Waals surface area contributed by atoms with E-state index in [9.17, 15) is 4.79 Å². The second-order valence-corrected chi connectivity index (χ2v) is 9.06. The number of likely N-dealkylation sites (N-methyl/N-ethyl adjacent to an activating group) is 1. The van der Waals surface area contributed by atoms with Crippen molar-refractivity contribution in [2.75, 3.05) is 92.6 Å². The van der Waals surface area contributed by atoms with Gasteiger partial charge in [0.1, 0.15) is 0 Å². The van der Waals surface area contributed by atoms with Gasteiger partial charge in [0.25, 0.3) is 0 Å². The minimum atomic E-state index is -0.00658. The highest BCUT2D eigenvalue weighted by Crippen LogP contribution is 2.14. The highest BCUT2D eigenvalue weighted by Gasteiger charge is 2.30. The van der Waals surface area contributed by atoms with Crippen molar-refractivity contribution in [3.8, 4) is 0 Å². The molecule has 0 radical (unpaired) electrons. The molecule has 8 heteroatoms. The Kier molecular flexibility index (Phi) is 9.21. The lowest BCUT2D eigenvalue weighted by Crippen LogP contribution is -2.57. The molecule has 0 aromatic rings. The molecule has 8 nitrogen and oxygen atoms in total. The Balaban J connectivity index is 1.35. The van der Waals surface area contributed by atoms with Crippen molar-refractivity contribution in [2.24, 2.45) is 4.99 Å². The third-order valence-corrected chi connectivity index (χ3v) is 6.89. The maximum atomic E-state index is 12.7. The second kappa shape index (κ2) is 11.9. The van der Waals surface area contributed by atoms with Crippen molar-refractivity contribution in [3.05, 3.63) is 0 Å². The topological polar surface area (TPSA) is 57.7 Å². The van der Waals surface area contributed by atoms with Gasteiger partial charge in [-0.15, -0.1) is 0 Å². The number of piperazine rings is 1. The van der Waals surface area contributed by atoms with E-state index in [1.54, 1.807) is 0 Å². The van der Waals surface area contributed by atoms with E-state index in [0.29, 0.717) is 5.91 Å². The van der Waals surface area contributed by atoms with Crippen LogP contribution in [0.3, 0.4) is 0 Å². The number of hydrogen-bond donors (Lipinski definition) is 1. The second-order valence-electron chi connectivity index (χ2n) is 9.06. The number of rotatable bonds is 6. The zero-order chi connectivity index (χ0) is 21.3. The lowest BCUT2D eigenvalue weighted by Gasteiger charge is -2.39. The first kappa shape index (κ1) is 23.3. The van der Waals surface area contributed by atoms with E-state index in [2.05, 4.69) is 43.9 Å². The van der Waals surface area contributed by atoms with Crippen molar-refractivity contribution in [1.82, 2.24) is 29.8 Å². The Labute approximate surface area is 183 Å². The van der Waals surface area contributed by atoms with Gasteiger partial charge >= 0.3 is 0 Å². The molecule has 0 spiro atoms. The predicted molar refractivity (Wildman–Crippen MR) is 123 cm³/mol. The molecule has 0 aliphatic carbocycles. The smallest absolute Gasteiger partial charge is 0.239 e. The van der Waals surface area contributed by atoms with Crippen LogP contribution in [0.25, 0.3) is 0 Å². The average molecular weight is 422 g/mol. The third-order valence-electron chi connectivity index (χ3n) is 6.89. The first-order valence-electron chi connectivity index (χ1n) is 12.0. The van der Waals surface area contributed by atoms with Crippen molar-refractivity contribution < 1.29 is 4.79 Å². The van der Waals surface area contributed by atoms with Gasteiger partial charge in [-0.3, -0.25) is 14.7 Å². The van der Waals surface area contributed by atoms with Gasteiger partial charge in [0, 0.05) is 66.0 Å². The maximum absolute atomic E-state index is 12.7. The Morgan fingerprint density at radius 1 is 0.900 bits per heavy atom. The van der Waals surface area contributed by atoms with Gasteiger partial charge in [-0.2, -0.15) is 0 Å². The van der Waals surface area contributed by atoms with Crippen molar-refractivity contribution in [1.29, 1.82) is 0 Å². The summed E-state index contributed by atoms with van der Waals surface area (Å²) < 4.78 is 0. The van der Waals surface area contributed by atoms with Gasteiger partial charge in [-0.05, 0) is 59.3 Å². The summed E-state index contributed by atoms with van der Waals surface area (Å²) in [5, 5.41) is 3.56. The van der Waals surface area contributed by atoms with Crippen LogP contribution in [0.1, 0.15) is 32.6 Å². The number of nitrogens with one attached hydrogen (secondary N) is 1. The number of likely N-dealkylation sites (tertiary alicyclic amines) is 1. The lowest BCUT2D eigenvalue weighted by atomic mass is 10.2. The molecule has 1 N–H and O–H groups in total. The van der Waals surface area contributed by atoms with E-state index in [1.165, 1.54) is 32.6 Å². The highest BCUT2D eigenvalue weighted by molar-refractivity contribution is 5.82. The summed E-state index contributed by atoms with van der Waals surface area (Å²) in [6, 6.07) is -0.00658. The summed E-state index contributed by atoms with van der Waals surface area (Å²) in [4.78, 5) is 28.9. The fraction of sp³-hybridized carbons (Fsp3) is 0.909. The maximum Gasteiger partial charge on any atom is 0.239 e. The Bertz CT molecular complexity index is 556. The molecular weight excluding hydrogens is 378 g/mol. The molecule has 3 heterocycles. The molecule has 3 rings (SSSR count). The molecule has 3 aliphatic rings. The molecule has 3 aliphatic heterocycles. The van der Waals surface area contributed by atoms with Gasteiger partial charge < -0.3 is 24.9 Å². The van der Waals surface area contributed by atoms with Crippen molar-refractivity contribution >= 4 is 11.9 Å². The van der Waals surface area contributed by atoms with E-state index < -0.39 is 0 Å². The molecule has 3 fully saturated rings. The molecule has 3 saturated heterocycles. The van der Waals surface area contributed by atoms with Crippen LogP contribution < -0.4 is 5.32 Å². The van der Waals surface area contributed by atoms with E-state index in [0.717, 1.165) is 77.6 Å². The number of guanidine groups is 1. The highest BCUT2D eigenvalue weighted by atomic mass is 16.2. The molecule has 1 amide bonds. The Morgan fingerprint density at radius 2 is 1.63 bits per heavy atom. The van der Waals surface area contributed by atoms with E-state index in [4.69, 9.17) is 0 Å². The molecule has 0 saturated carbocycles. The molecule has 172 valence electrons. The van der Waals surface area contributed by atoms with Crippen LogP contribution in [0.15, 0.2) is 4.99 Å². The number of hydrogen-bond acceptors (Lipinski definition) is 5. The summed E-state index contributed by atoms with van der Waals surface area (Å²) >= 11 is 0. The van der Waals surface area contributed by atoms with E-state index in [-0.39, 0.29) is 6.04 Å². The summed E-state index contributed by atoms with van der Waals surface area (Å²) in [6.07, 6.45) is 4.73. The predicted octanol–water partition coefficient (Wildman–Crippen LogP) is 0.218. The number of carbonyl (C=O) groups excluding carboxylic acids is 1. The monoisotopic (exact) mass is 421 g/mol. The van der Waals surface area contributed by atoms with Crippen LogP contribution in [-0.4, -0.2) is 135 Å². The molecular formula is C22H43N7O. The summed E-state index contributed by atoms with van der Waals surface area (Å²) in [6.45, 7) is 14.6.